The molecule has 4 aromatic rings. The smallest absolute Gasteiger partial charge is 0.323 e. The van der Waals surface area contributed by atoms with Crippen LogP contribution in [0.1, 0.15) is 6.42 Å². The molecule has 1 fully saturated rings. The molecule has 1 unspecified atom stereocenters. The van der Waals surface area contributed by atoms with Crippen LogP contribution >= 0.6 is 0 Å². The van der Waals surface area contributed by atoms with Gasteiger partial charge in [0.1, 0.15) is 6.04 Å². The number of imide groups is 1. The molecule has 1 aromatic heterocycles. The van der Waals surface area contributed by atoms with Gasteiger partial charge in [0, 0.05) is 11.1 Å². The summed E-state index contributed by atoms with van der Waals surface area (Å²) in [4.78, 5) is 43.7. The van der Waals surface area contributed by atoms with Crippen molar-refractivity contribution in [3.8, 4) is 0 Å². The fraction of sp³-hybridized carbons (Fsp3) is 0.0952. The minimum absolute atomic E-state index is 0.0732. The molecule has 0 spiro atoms. The highest BCUT2D eigenvalue weighted by Gasteiger charge is 2.40. The first-order valence-corrected chi connectivity index (χ1v) is 8.93. The van der Waals surface area contributed by atoms with Gasteiger partial charge in [-0.25, -0.2) is 9.69 Å². The standard InChI is InChI=1S/C21H16N4O3/c26-19-11-17(22-13-8-9-15-16(10-13)24-21(28)23-15)20(27)25(19)18-7-3-5-12-4-1-2-6-14(12)18/h1-10,17,22H,11H2,(H2,23,24,28). The van der Waals surface area contributed by atoms with Gasteiger partial charge in [0.15, 0.2) is 0 Å². The van der Waals surface area contributed by atoms with Crippen LogP contribution < -0.4 is 15.9 Å². The first kappa shape index (κ1) is 16.3. The Morgan fingerprint density at radius 1 is 0.893 bits per heavy atom. The molecule has 5 rings (SSSR count). The van der Waals surface area contributed by atoms with E-state index in [0.29, 0.717) is 22.4 Å². The maximum absolute atomic E-state index is 13.0. The minimum atomic E-state index is -0.658. The summed E-state index contributed by atoms with van der Waals surface area (Å²) in [6.45, 7) is 0. The predicted molar refractivity (Wildman–Crippen MR) is 107 cm³/mol. The second kappa shape index (κ2) is 6.09. The van der Waals surface area contributed by atoms with Crippen LogP contribution in [0, 0.1) is 0 Å². The monoisotopic (exact) mass is 372 g/mol. The Morgan fingerprint density at radius 3 is 2.57 bits per heavy atom. The summed E-state index contributed by atoms with van der Waals surface area (Å²) < 4.78 is 0. The van der Waals surface area contributed by atoms with E-state index < -0.39 is 6.04 Å². The Balaban J connectivity index is 1.47. The van der Waals surface area contributed by atoms with Crippen LogP contribution in [0.5, 0.6) is 0 Å². The van der Waals surface area contributed by atoms with E-state index in [1.807, 2.05) is 36.4 Å². The Hall–Kier alpha value is -3.87. The highest BCUT2D eigenvalue weighted by atomic mass is 16.2. The third kappa shape index (κ3) is 2.56. The van der Waals surface area contributed by atoms with Crippen molar-refractivity contribution in [2.75, 3.05) is 10.2 Å². The van der Waals surface area contributed by atoms with Gasteiger partial charge in [-0.3, -0.25) is 9.59 Å². The maximum Gasteiger partial charge on any atom is 0.323 e. The number of imidazole rings is 1. The topological polar surface area (TPSA) is 98.1 Å². The molecule has 28 heavy (non-hydrogen) atoms. The third-order valence-electron chi connectivity index (χ3n) is 5.01. The zero-order valence-electron chi connectivity index (χ0n) is 14.7. The largest absolute Gasteiger partial charge is 0.373 e. The van der Waals surface area contributed by atoms with Gasteiger partial charge < -0.3 is 15.3 Å². The van der Waals surface area contributed by atoms with Crippen LogP contribution in [0.2, 0.25) is 0 Å². The Kier molecular flexibility index (Phi) is 3.55. The second-order valence-electron chi connectivity index (χ2n) is 6.81. The molecule has 3 aromatic carbocycles. The normalized spacial score (nSPS) is 17.0. The van der Waals surface area contributed by atoms with Crippen molar-refractivity contribution in [1.82, 2.24) is 9.97 Å². The van der Waals surface area contributed by atoms with Crippen molar-refractivity contribution < 1.29 is 9.59 Å². The van der Waals surface area contributed by atoms with E-state index in [1.54, 1.807) is 24.3 Å². The predicted octanol–water partition coefficient (Wildman–Crippen LogP) is 2.75. The molecular weight excluding hydrogens is 356 g/mol. The molecule has 138 valence electrons. The molecule has 0 saturated carbocycles. The fourth-order valence-corrected chi connectivity index (χ4v) is 3.72. The summed E-state index contributed by atoms with van der Waals surface area (Å²) in [6.07, 6.45) is 0.0732. The van der Waals surface area contributed by atoms with Crippen LogP contribution in [0.25, 0.3) is 21.8 Å². The summed E-state index contributed by atoms with van der Waals surface area (Å²) in [5.41, 5.74) is 2.29. The van der Waals surface area contributed by atoms with Gasteiger partial charge in [0.05, 0.1) is 23.1 Å². The number of nitrogens with zero attached hydrogens (tertiary/aromatic N) is 1. The number of carbonyl (C=O) groups is 2. The SMILES string of the molecule is O=C1CC(Nc2ccc3[nH]c(=O)[nH]c3c2)C(=O)N1c1cccc2ccccc12. The molecule has 1 aliphatic heterocycles. The van der Waals surface area contributed by atoms with Gasteiger partial charge in [-0.05, 0) is 29.7 Å². The molecule has 0 radical (unpaired) electrons. The Bertz CT molecular complexity index is 1300. The van der Waals surface area contributed by atoms with Crippen LogP contribution in [0.15, 0.2) is 65.5 Å². The van der Waals surface area contributed by atoms with Gasteiger partial charge in [-0.1, -0.05) is 36.4 Å². The van der Waals surface area contributed by atoms with Gasteiger partial charge in [-0.2, -0.15) is 0 Å². The molecular formula is C21H16N4O3. The van der Waals surface area contributed by atoms with Crippen LogP contribution in [0.4, 0.5) is 11.4 Å². The van der Waals surface area contributed by atoms with Crippen molar-refractivity contribution in [2.45, 2.75) is 12.5 Å². The number of benzene rings is 3. The lowest BCUT2D eigenvalue weighted by molar-refractivity contribution is -0.121. The van der Waals surface area contributed by atoms with Gasteiger partial charge in [-0.15, -0.1) is 0 Å². The van der Waals surface area contributed by atoms with E-state index in [-0.39, 0.29) is 23.9 Å². The van der Waals surface area contributed by atoms with E-state index in [9.17, 15) is 14.4 Å². The molecule has 7 nitrogen and oxygen atoms in total. The number of H-pyrrole nitrogens is 2. The number of aromatic amines is 2. The number of aromatic nitrogens is 2. The lowest BCUT2D eigenvalue weighted by Crippen LogP contribution is -2.34. The van der Waals surface area contributed by atoms with Crippen molar-refractivity contribution in [1.29, 1.82) is 0 Å². The van der Waals surface area contributed by atoms with E-state index in [2.05, 4.69) is 15.3 Å². The Labute approximate surface area is 159 Å². The summed E-state index contributed by atoms with van der Waals surface area (Å²) >= 11 is 0. The lowest BCUT2D eigenvalue weighted by Gasteiger charge is -2.18. The third-order valence-corrected chi connectivity index (χ3v) is 5.01. The van der Waals surface area contributed by atoms with Crippen molar-refractivity contribution in [3.63, 3.8) is 0 Å². The highest BCUT2D eigenvalue weighted by Crippen LogP contribution is 2.31. The van der Waals surface area contributed by atoms with Crippen molar-refractivity contribution >= 4 is 45.0 Å². The average Bonchev–Trinajstić information content (AvgIpc) is 3.19. The van der Waals surface area contributed by atoms with Crippen molar-refractivity contribution in [3.05, 3.63) is 71.1 Å². The minimum Gasteiger partial charge on any atom is -0.373 e. The quantitative estimate of drug-likeness (QED) is 0.482. The molecule has 1 saturated heterocycles. The molecule has 1 atom stereocenters. The molecule has 0 aliphatic carbocycles. The van der Waals surface area contributed by atoms with Crippen LogP contribution in [-0.4, -0.2) is 27.8 Å². The highest BCUT2D eigenvalue weighted by molar-refractivity contribution is 6.25. The van der Waals surface area contributed by atoms with Gasteiger partial charge in [0.25, 0.3) is 5.91 Å². The number of nitrogens with one attached hydrogen (secondary N) is 3. The number of hydrogen-bond donors (Lipinski definition) is 3. The zero-order valence-corrected chi connectivity index (χ0v) is 14.7. The first-order chi connectivity index (χ1) is 13.6. The number of carbonyl (C=O) groups excluding carboxylic acids is 2. The van der Waals surface area contributed by atoms with Crippen LogP contribution in [0.3, 0.4) is 0 Å². The molecule has 2 heterocycles. The fourth-order valence-electron chi connectivity index (χ4n) is 3.72. The van der Waals surface area contributed by atoms with Crippen LogP contribution in [-0.2, 0) is 9.59 Å². The Morgan fingerprint density at radius 2 is 1.68 bits per heavy atom. The first-order valence-electron chi connectivity index (χ1n) is 8.93. The van der Waals surface area contributed by atoms with Gasteiger partial charge >= 0.3 is 5.69 Å². The molecule has 1 aliphatic rings. The number of fused-ring (bicyclic) bond motifs is 2. The molecule has 2 amide bonds. The van der Waals surface area contributed by atoms with E-state index >= 15 is 0 Å². The van der Waals surface area contributed by atoms with Gasteiger partial charge in [0.2, 0.25) is 5.91 Å². The molecule has 0 bridgehead atoms. The molecule has 3 N–H and O–H groups in total. The van der Waals surface area contributed by atoms with E-state index in [1.165, 1.54) is 4.90 Å². The number of rotatable bonds is 3. The summed E-state index contributed by atoms with van der Waals surface area (Å²) in [6, 6.07) is 17.8. The molecule has 7 heteroatoms. The van der Waals surface area contributed by atoms with E-state index in [4.69, 9.17) is 0 Å². The lowest BCUT2D eigenvalue weighted by atomic mass is 10.1. The number of hydrogen-bond acceptors (Lipinski definition) is 4. The average molecular weight is 372 g/mol. The summed E-state index contributed by atoms with van der Waals surface area (Å²) in [7, 11) is 0. The second-order valence-corrected chi connectivity index (χ2v) is 6.81. The number of amides is 2. The summed E-state index contributed by atoms with van der Waals surface area (Å²) in [5, 5.41) is 4.95. The number of anilines is 2. The van der Waals surface area contributed by atoms with Crippen molar-refractivity contribution in [2.24, 2.45) is 0 Å². The summed E-state index contributed by atoms with van der Waals surface area (Å²) in [5.74, 6) is -0.529. The maximum atomic E-state index is 13.0. The zero-order chi connectivity index (χ0) is 19.3. The van der Waals surface area contributed by atoms with E-state index in [0.717, 1.165) is 10.8 Å².